The van der Waals surface area contributed by atoms with E-state index in [9.17, 15) is 26.3 Å². The van der Waals surface area contributed by atoms with Crippen molar-refractivity contribution in [2.24, 2.45) is 5.41 Å². The van der Waals surface area contributed by atoms with Crippen LogP contribution in [0, 0.1) is 24.0 Å². The zero-order valence-corrected chi connectivity index (χ0v) is 26.6. The maximum Gasteiger partial charge on any atom is 0.417 e. The van der Waals surface area contributed by atoms with Crippen molar-refractivity contribution in [2.45, 2.75) is 69.4 Å². The van der Waals surface area contributed by atoms with Crippen molar-refractivity contribution in [1.82, 2.24) is 25.2 Å². The number of anilines is 2. The van der Waals surface area contributed by atoms with Crippen LogP contribution in [0.2, 0.25) is 0 Å². The molecule has 1 aliphatic carbocycles. The van der Waals surface area contributed by atoms with Crippen molar-refractivity contribution >= 4 is 22.4 Å². The Hall–Kier alpha value is -3.70. The normalized spacial score (nSPS) is 29.0. The summed E-state index contributed by atoms with van der Waals surface area (Å²) in [7, 11) is 0. The van der Waals surface area contributed by atoms with E-state index >= 15 is 4.39 Å². The van der Waals surface area contributed by atoms with Gasteiger partial charge in [0.2, 0.25) is 5.88 Å². The molecule has 3 N–H and O–H groups in total. The fourth-order valence-electron chi connectivity index (χ4n) is 8.05. The molecule has 0 radical (unpaired) electrons. The minimum atomic E-state index is -5.11. The number of morpholine rings is 1. The van der Waals surface area contributed by atoms with Gasteiger partial charge in [-0.25, -0.2) is 22.5 Å². The second kappa shape index (κ2) is 11.2. The van der Waals surface area contributed by atoms with Gasteiger partial charge in [0.05, 0.1) is 35.9 Å². The van der Waals surface area contributed by atoms with Crippen LogP contribution in [-0.2, 0) is 10.9 Å². The monoisotopic (exact) mass is 697 g/mol. The highest BCUT2D eigenvalue weighted by atomic mass is 19.4. The zero-order valence-electron chi connectivity index (χ0n) is 26.6. The number of piperazine rings is 1. The predicted molar refractivity (Wildman–Crippen MR) is 163 cm³/mol. The Balaban J connectivity index is 1.28. The topological polar surface area (TPSA) is 111 Å². The standard InChI is InChI=1S/C32H34F7N7O3/c1-14-21(32(37,38)39)17(9-18(40)22(14)33)24-23(34)25-20-27(46-10-16-3-4-19(41-16)26(46)15(2)49-28(20)42-24)44-29(43-25)48-13-30(11-31(30,35)36)12-45-5-7-47-8-6-45/h9,15-16,19,26,41H,3-8,10-13,40H2,1-2H3/t15-,16+,19-,26+,30-/m0/s1. The molecule has 0 unspecified atom stereocenters. The van der Waals surface area contributed by atoms with Crippen LogP contribution in [0.15, 0.2) is 6.07 Å². The maximum absolute atomic E-state index is 16.8. The van der Waals surface area contributed by atoms with Gasteiger partial charge in [0.1, 0.15) is 40.9 Å². The van der Waals surface area contributed by atoms with E-state index in [-0.39, 0.29) is 41.8 Å². The molecule has 4 aliphatic heterocycles. The Morgan fingerprint density at radius 3 is 2.53 bits per heavy atom. The second-order valence-electron chi connectivity index (χ2n) is 13.8. The van der Waals surface area contributed by atoms with E-state index in [1.807, 2.05) is 9.80 Å². The van der Waals surface area contributed by atoms with E-state index in [1.165, 1.54) is 0 Å². The number of alkyl halides is 5. The van der Waals surface area contributed by atoms with Gasteiger partial charge in [-0.1, -0.05) is 0 Å². The predicted octanol–water partition coefficient (Wildman–Crippen LogP) is 4.71. The third kappa shape index (κ3) is 5.21. The molecule has 1 aromatic carbocycles. The van der Waals surface area contributed by atoms with E-state index in [1.54, 1.807) is 6.92 Å². The molecule has 2 aromatic heterocycles. The molecule has 49 heavy (non-hydrogen) atoms. The van der Waals surface area contributed by atoms with Gasteiger partial charge in [-0.2, -0.15) is 23.1 Å². The van der Waals surface area contributed by atoms with Gasteiger partial charge in [0.15, 0.2) is 5.82 Å². The molecule has 5 atom stereocenters. The summed E-state index contributed by atoms with van der Waals surface area (Å²) in [6.45, 7) is 4.47. The third-order valence-corrected chi connectivity index (χ3v) is 10.6. The third-order valence-electron chi connectivity index (χ3n) is 10.6. The number of aromatic nitrogens is 3. The molecule has 2 bridgehead atoms. The van der Waals surface area contributed by atoms with Crippen LogP contribution in [0.1, 0.15) is 37.3 Å². The minimum Gasteiger partial charge on any atom is -0.472 e. The van der Waals surface area contributed by atoms with E-state index in [4.69, 9.17) is 19.9 Å². The number of pyridine rings is 1. The molecular formula is C32H34F7N7O3. The second-order valence-corrected chi connectivity index (χ2v) is 13.8. The lowest BCUT2D eigenvalue weighted by molar-refractivity contribution is -0.137. The van der Waals surface area contributed by atoms with E-state index in [0.29, 0.717) is 38.9 Å². The number of nitrogens with two attached hydrogens (primary N) is 1. The van der Waals surface area contributed by atoms with Gasteiger partial charge in [0, 0.05) is 50.2 Å². The lowest BCUT2D eigenvalue weighted by atomic mass is 9.96. The maximum atomic E-state index is 16.8. The smallest absolute Gasteiger partial charge is 0.417 e. The van der Waals surface area contributed by atoms with Crippen molar-refractivity contribution < 1.29 is 44.9 Å². The number of rotatable bonds is 6. The van der Waals surface area contributed by atoms with Crippen molar-refractivity contribution in [1.29, 1.82) is 0 Å². The molecule has 3 aromatic rings. The highest BCUT2D eigenvalue weighted by Gasteiger charge is 2.72. The highest BCUT2D eigenvalue weighted by molar-refractivity contribution is 5.97. The van der Waals surface area contributed by atoms with Crippen molar-refractivity contribution in [3.63, 3.8) is 0 Å². The summed E-state index contributed by atoms with van der Waals surface area (Å²) in [6.07, 6.45) is -4.47. The van der Waals surface area contributed by atoms with Gasteiger partial charge in [-0.3, -0.25) is 4.90 Å². The Morgan fingerprint density at radius 2 is 1.84 bits per heavy atom. The summed E-state index contributed by atoms with van der Waals surface area (Å²) >= 11 is 0. The van der Waals surface area contributed by atoms with E-state index in [0.717, 1.165) is 19.8 Å². The van der Waals surface area contributed by atoms with Crippen molar-refractivity contribution in [3.8, 4) is 23.1 Å². The molecule has 0 spiro atoms. The molecule has 0 amide bonds. The van der Waals surface area contributed by atoms with E-state index < -0.39 is 87.9 Å². The number of hydrogen-bond acceptors (Lipinski definition) is 10. The van der Waals surface area contributed by atoms with Crippen LogP contribution >= 0.6 is 0 Å². The van der Waals surface area contributed by atoms with Gasteiger partial charge >= 0.3 is 12.2 Å². The van der Waals surface area contributed by atoms with Crippen LogP contribution < -0.4 is 25.4 Å². The summed E-state index contributed by atoms with van der Waals surface area (Å²) in [5.74, 6) is -5.64. The number of hydrogen-bond donors (Lipinski definition) is 2. The Labute approximate surface area is 276 Å². The number of nitrogen functional groups attached to an aromatic ring is 1. The first-order chi connectivity index (χ1) is 23.2. The molecule has 17 heteroatoms. The van der Waals surface area contributed by atoms with Gasteiger partial charge in [0.25, 0.3) is 5.92 Å². The summed E-state index contributed by atoms with van der Waals surface area (Å²) in [5.41, 5.74) is -0.802. The lowest BCUT2D eigenvalue weighted by Crippen LogP contribution is -2.62. The number of nitrogens with one attached hydrogen (secondary N) is 1. The largest absolute Gasteiger partial charge is 0.472 e. The van der Waals surface area contributed by atoms with Gasteiger partial charge in [-0.05, 0) is 38.3 Å². The Bertz CT molecular complexity index is 1840. The molecule has 1 saturated carbocycles. The zero-order chi connectivity index (χ0) is 34.6. The first-order valence-electron chi connectivity index (χ1n) is 16.2. The van der Waals surface area contributed by atoms with Crippen LogP contribution in [0.25, 0.3) is 22.2 Å². The lowest BCUT2D eigenvalue weighted by Gasteiger charge is -2.42. The number of ether oxygens (including phenoxy) is 3. The van der Waals surface area contributed by atoms with Crippen LogP contribution in [0.3, 0.4) is 0 Å². The molecule has 264 valence electrons. The molecule has 6 heterocycles. The molecule has 10 nitrogen and oxygen atoms in total. The quantitative estimate of drug-likeness (QED) is 0.278. The summed E-state index contributed by atoms with van der Waals surface area (Å²) < 4.78 is 122. The van der Waals surface area contributed by atoms with Crippen LogP contribution in [-0.4, -0.2) is 96.0 Å². The molecule has 5 aliphatic rings. The highest BCUT2D eigenvalue weighted by Crippen LogP contribution is 2.61. The fourth-order valence-corrected chi connectivity index (χ4v) is 8.05. The minimum absolute atomic E-state index is 0.00407. The average Bonchev–Trinajstić information content (AvgIpc) is 3.43. The van der Waals surface area contributed by atoms with Gasteiger partial charge < -0.3 is 30.2 Å². The van der Waals surface area contributed by atoms with Crippen LogP contribution in [0.5, 0.6) is 11.9 Å². The average molecular weight is 698 g/mol. The SMILES string of the molecule is Cc1c(F)c(N)cc(-c2nc3c4c(nc(OC[C@@]5(CN6CCOCC6)CC5(F)F)nc4c2F)N2C[C@H]4CC[C@H](N4)[C@H]2[C@H](C)O3)c1C(F)(F)F. The Morgan fingerprint density at radius 1 is 1.10 bits per heavy atom. The van der Waals surface area contributed by atoms with Crippen LogP contribution in [0.4, 0.5) is 42.2 Å². The van der Waals surface area contributed by atoms with E-state index in [2.05, 4.69) is 20.3 Å². The van der Waals surface area contributed by atoms with Gasteiger partial charge in [-0.15, -0.1) is 0 Å². The summed E-state index contributed by atoms with van der Waals surface area (Å²) in [5, 5.41) is 3.55. The molecule has 4 fully saturated rings. The first-order valence-corrected chi connectivity index (χ1v) is 16.2. The summed E-state index contributed by atoms with van der Waals surface area (Å²) in [6, 6.07) is -0.0623. The molecule has 3 saturated heterocycles. The number of benzene rings is 1. The number of fused-ring (bicyclic) bond motifs is 5. The number of nitrogens with zero attached hydrogens (tertiary/aromatic N) is 5. The molecule has 8 rings (SSSR count). The Kier molecular flexibility index (Phi) is 7.40. The van der Waals surface area contributed by atoms with Crippen molar-refractivity contribution in [3.05, 3.63) is 28.8 Å². The molecular weight excluding hydrogens is 663 g/mol. The number of halogens is 7. The van der Waals surface area contributed by atoms with Crippen molar-refractivity contribution in [2.75, 3.05) is 56.6 Å². The fraction of sp³-hybridized carbons (Fsp3) is 0.594. The summed E-state index contributed by atoms with van der Waals surface area (Å²) in [4.78, 5) is 17.0. The first kappa shape index (κ1) is 32.5.